The zero-order valence-electron chi connectivity index (χ0n) is 12.9. The normalized spacial score (nSPS) is 15.8. The van der Waals surface area contributed by atoms with Gasteiger partial charge in [-0.25, -0.2) is 9.97 Å². The number of hydrogen-bond donors (Lipinski definition) is 1. The summed E-state index contributed by atoms with van der Waals surface area (Å²) in [7, 11) is 0. The second kappa shape index (κ2) is 6.58. The van der Waals surface area contributed by atoms with Gasteiger partial charge in [0.05, 0.1) is 16.9 Å². The molecule has 3 rings (SSSR count). The minimum Gasteiger partial charge on any atom is -0.477 e. The van der Waals surface area contributed by atoms with E-state index in [0.29, 0.717) is 12.5 Å². The lowest BCUT2D eigenvalue weighted by molar-refractivity contribution is 0.0770. The van der Waals surface area contributed by atoms with Gasteiger partial charge in [-0.1, -0.05) is 0 Å². The predicted molar refractivity (Wildman–Crippen MR) is 86.7 cm³/mol. The van der Waals surface area contributed by atoms with E-state index in [4.69, 9.17) is 4.74 Å². The smallest absolute Gasteiger partial charge is 0.264 e. The largest absolute Gasteiger partial charge is 0.477 e. The Balaban J connectivity index is 1.98. The second-order valence-corrected chi connectivity index (χ2v) is 6.24. The van der Waals surface area contributed by atoms with E-state index in [2.05, 4.69) is 15.3 Å². The van der Waals surface area contributed by atoms with Crippen LogP contribution in [0.5, 0.6) is 5.88 Å². The van der Waals surface area contributed by atoms with E-state index in [-0.39, 0.29) is 5.91 Å². The maximum Gasteiger partial charge on any atom is 0.264 e. The van der Waals surface area contributed by atoms with Crippen LogP contribution in [-0.4, -0.2) is 53.6 Å². The summed E-state index contributed by atoms with van der Waals surface area (Å²) < 4.78 is 5.58. The molecule has 6 nitrogen and oxygen atoms in total. The summed E-state index contributed by atoms with van der Waals surface area (Å²) in [6, 6.07) is 0. The Morgan fingerprint density at radius 3 is 3.09 bits per heavy atom. The molecule has 0 saturated carbocycles. The maximum absolute atomic E-state index is 12.8. The molecule has 3 heterocycles. The number of hydrogen-bond acceptors (Lipinski definition) is 6. The summed E-state index contributed by atoms with van der Waals surface area (Å²) in [4.78, 5) is 24.8. The number of nitrogens with zero attached hydrogens (tertiary/aromatic N) is 3. The summed E-state index contributed by atoms with van der Waals surface area (Å²) in [6.07, 6.45) is 2.48. The molecule has 0 spiro atoms. The SMILES string of the molecule is CCOc1ncnc2sc(C(=O)N3CCCNCC3)c(C)c12. The highest BCUT2D eigenvalue weighted by Crippen LogP contribution is 2.35. The highest BCUT2D eigenvalue weighted by molar-refractivity contribution is 7.20. The first-order valence-corrected chi connectivity index (χ1v) is 8.41. The van der Waals surface area contributed by atoms with Crippen molar-refractivity contribution in [1.29, 1.82) is 0 Å². The van der Waals surface area contributed by atoms with Gasteiger partial charge < -0.3 is 15.0 Å². The first kappa shape index (κ1) is 15.2. The van der Waals surface area contributed by atoms with Crippen molar-refractivity contribution in [2.75, 3.05) is 32.8 Å². The fourth-order valence-corrected chi connectivity index (χ4v) is 3.79. The molecule has 2 aromatic rings. The number of thiophene rings is 1. The van der Waals surface area contributed by atoms with Gasteiger partial charge in [0, 0.05) is 19.6 Å². The Kier molecular flexibility index (Phi) is 4.54. The van der Waals surface area contributed by atoms with Gasteiger partial charge in [-0.05, 0) is 32.4 Å². The van der Waals surface area contributed by atoms with E-state index >= 15 is 0 Å². The number of ether oxygens (including phenoxy) is 1. The molecular formula is C15H20N4O2S. The van der Waals surface area contributed by atoms with Crippen LogP contribution in [0.1, 0.15) is 28.6 Å². The van der Waals surface area contributed by atoms with E-state index in [1.54, 1.807) is 0 Å². The quantitative estimate of drug-likeness (QED) is 0.934. The predicted octanol–water partition coefficient (Wildman–Crippen LogP) is 1.83. The number of rotatable bonds is 3. The Morgan fingerprint density at radius 1 is 1.41 bits per heavy atom. The maximum atomic E-state index is 12.8. The summed E-state index contributed by atoms with van der Waals surface area (Å²) in [5.74, 6) is 0.657. The zero-order chi connectivity index (χ0) is 15.5. The van der Waals surface area contributed by atoms with Crippen LogP contribution in [0.15, 0.2) is 6.33 Å². The van der Waals surface area contributed by atoms with Crippen LogP contribution in [0.4, 0.5) is 0 Å². The molecule has 0 unspecified atom stereocenters. The lowest BCUT2D eigenvalue weighted by atomic mass is 10.2. The number of amides is 1. The number of fused-ring (bicyclic) bond motifs is 1. The topological polar surface area (TPSA) is 67.4 Å². The fourth-order valence-electron chi connectivity index (χ4n) is 2.68. The summed E-state index contributed by atoms with van der Waals surface area (Å²) in [5, 5.41) is 4.18. The molecule has 7 heteroatoms. The highest BCUT2D eigenvalue weighted by Gasteiger charge is 2.24. The van der Waals surface area contributed by atoms with Crippen molar-refractivity contribution in [2.45, 2.75) is 20.3 Å². The summed E-state index contributed by atoms with van der Waals surface area (Å²) in [6.45, 7) is 7.78. The molecule has 1 amide bonds. The second-order valence-electron chi connectivity index (χ2n) is 5.24. The van der Waals surface area contributed by atoms with Gasteiger partial charge in [0.1, 0.15) is 11.2 Å². The molecule has 2 aromatic heterocycles. The van der Waals surface area contributed by atoms with Gasteiger partial charge in [0.15, 0.2) is 0 Å². The van der Waals surface area contributed by atoms with Crippen molar-refractivity contribution in [3.63, 3.8) is 0 Å². The van der Waals surface area contributed by atoms with Crippen LogP contribution in [0, 0.1) is 6.92 Å². The molecule has 0 atom stereocenters. The van der Waals surface area contributed by atoms with Crippen molar-refractivity contribution in [2.24, 2.45) is 0 Å². The number of carbonyl (C=O) groups excluding carboxylic acids is 1. The van der Waals surface area contributed by atoms with Crippen LogP contribution in [0.25, 0.3) is 10.2 Å². The minimum absolute atomic E-state index is 0.0895. The Morgan fingerprint density at radius 2 is 2.27 bits per heavy atom. The summed E-state index contributed by atoms with van der Waals surface area (Å²) in [5.41, 5.74) is 0.922. The third-order valence-corrected chi connectivity index (χ3v) is 4.98. The van der Waals surface area contributed by atoms with Crippen molar-refractivity contribution in [3.8, 4) is 5.88 Å². The number of nitrogens with one attached hydrogen (secondary N) is 1. The Labute approximate surface area is 133 Å². The van der Waals surface area contributed by atoms with Gasteiger partial charge in [0.25, 0.3) is 5.91 Å². The average molecular weight is 320 g/mol. The van der Waals surface area contributed by atoms with Gasteiger partial charge >= 0.3 is 0 Å². The van der Waals surface area contributed by atoms with Crippen molar-refractivity contribution >= 4 is 27.5 Å². The molecule has 22 heavy (non-hydrogen) atoms. The molecule has 1 saturated heterocycles. The van der Waals surface area contributed by atoms with Crippen molar-refractivity contribution in [1.82, 2.24) is 20.2 Å². The molecule has 0 aromatic carbocycles. The number of aryl methyl sites for hydroxylation is 1. The third kappa shape index (κ3) is 2.78. The standard InChI is InChI=1S/C15H20N4O2S/c1-3-21-13-11-10(2)12(22-14(11)18-9-17-13)15(20)19-7-4-5-16-6-8-19/h9,16H,3-8H2,1-2H3. The molecule has 0 radical (unpaired) electrons. The lowest BCUT2D eigenvalue weighted by Gasteiger charge is -2.19. The molecule has 1 aliphatic rings. The monoisotopic (exact) mass is 320 g/mol. The first-order chi connectivity index (χ1) is 10.7. The molecule has 1 aliphatic heterocycles. The Bertz CT molecular complexity index is 677. The molecule has 0 aliphatic carbocycles. The molecule has 1 N–H and O–H groups in total. The third-order valence-electron chi connectivity index (χ3n) is 3.79. The van der Waals surface area contributed by atoms with Crippen LogP contribution in [0.3, 0.4) is 0 Å². The average Bonchev–Trinajstić information content (AvgIpc) is 2.71. The molecule has 1 fully saturated rings. The van der Waals surface area contributed by atoms with Gasteiger partial charge in [0.2, 0.25) is 5.88 Å². The fraction of sp³-hybridized carbons (Fsp3) is 0.533. The van der Waals surface area contributed by atoms with Gasteiger partial charge in [-0.3, -0.25) is 4.79 Å². The van der Waals surface area contributed by atoms with Gasteiger partial charge in [-0.2, -0.15) is 0 Å². The zero-order valence-corrected chi connectivity index (χ0v) is 13.7. The van der Waals surface area contributed by atoms with E-state index < -0.39 is 0 Å². The van der Waals surface area contributed by atoms with E-state index in [1.807, 2.05) is 18.7 Å². The molecule has 0 bridgehead atoms. The molecule has 118 valence electrons. The van der Waals surface area contributed by atoms with Crippen LogP contribution in [0.2, 0.25) is 0 Å². The Hall–Kier alpha value is -1.73. The lowest BCUT2D eigenvalue weighted by Crippen LogP contribution is -2.34. The van der Waals surface area contributed by atoms with Gasteiger partial charge in [-0.15, -0.1) is 11.3 Å². The highest BCUT2D eigenvalue weighted by atomic mass is 32.1. The number of carbonyl (C=O) groups is 1. The van der Waals surface area contributed by atoms with Crippen LogP contribution < -0.4 is 10.1 Å². The summed E-state index contributed by atoms with van der Waals surface area (Å²) >= 11 is 1.43. The van der Waals surface area contributed by atoms with E-state index in [9.17, 15) is 4.79 Å². The first-order valence-electron chi connectivity index (χ1n) is 7.59. The van der Waals surface area contributed by atoms with E-state index in [0.717, 1.165) is 53.3 Å². The van der Waals surface area contributed by atoms with Crippen molar-refractivity contribution in [3.05, 3.63) is 16.8 Å². The van der Waals surface area contributed by atoms with E-state index in [1.165, 1.54) is 17.7 Å². The minimum atomic E-state index is 0.0895. The van der Waals surface area contributed by atoms with Crippen molar-refractivity contribution < 1.29 is 9.53 Å². The van der Waals surface area contributed by atoms with Crippen LogP contribution >= 0.6 is 11.3 Å². The van der Waals surface area contributed by atoms with Crippen LogP contribution in [-0.2, 0) is 0 Å². The number of aromatic nitrogens is 2. The molecular weight excluding hydrogens is 300 g/mol.